The van der Waals surface area contributed by atoms with E-state index in [2.05, 4.69) is 5.32 Å². The summed E-state index contributed by atoms with van der Waals surface area (Å²) in [4.78, 5) is 24.3. The van der Waals surface area contributed by atoms with Crippen LogP contribution in [0, 0.1) is 21.4 Å². The Morgan fingerprint density at radius 3 is 2.74 bits per heavy atom. The number of benzene rings is 1. The second kappa shape index (κ2) is 7.38. The third kappa shape index (κ3) is 3.84. The molecule has 0 spiro atoms. The summed E-state index contributed by atoms with van der Waals surface area (Å²) in [5.74, 6) is -0.535. The van der Waals surface area contributed by atoms with Crippen molar-refractivity contribution in [3.63, 3.8) is 0 Å². The molecule has 1 aromatic rings. The molecule has 8 nitrogen and oxygen atoms in total. The van der Waals surface area contributed by atoms with Crippen LogP contribution in [0.15, 0.2) is 23.8 Å². The molecule has 23 heavy (non-hydrogen) atoms. The molecule has 1 aliphatic heterocycles. The molecule has 0 atom stereocenters. The number of rotatable bonds is 4. The van der Waals surface area contributed by atoms with Gasteiger partial charge in [0.1, 0.15) is 17.3 Å². The fourth-order valence-corrected chi connectivity index (χ4v) is 2.30. The van der Waals surface area contributed by atoms with Crippen molar-refractivity contribution in [2.75, 3.05) is 38.3 Å². The number of morpholine rings is 1. The van der Waals surface area contributed by atoms with Crippen LogP contribution in [-0.4, -0.2) is 44.2 Å². The van der Waals surface area contributed by atoms with Crippen LogP contribution >= 0.6 is 0 Å². The average Bonchev–Trinajstić information content (AvgIpc) is 2.59. The van der Waals surface area contributed by atoms with E-state index in [0.717, 1.165) is 0 Å². The van der Waals surface area contributed by atoms with Crippen molar-refractivity contribution in [2.24, 2.45) is 0 Å². The smallest absolute Gasteiger partial charge is 0.293 e. The summed E-state index contributed by atoms with van der Waals surface area (Å²) >= 11 is 0. The summed E-state index contributed by atoms with van der Waals surface area (Å²) in [6.45, 7) is 2.21. The third-order valence-corrected chi connectivity index (χ3v) is 3.45. The number of carbonyl (C=O) groups excluding carboxylic acids is 1. The van der Waals surface area contributed by atoms with Crippen molar-refractivity contribution in [2.45, 2.75) is 0 Å². The second-order valence-electron chi connectivity index (χ2n) is 4.85. The molecular weight excluding hydrogens is 300 g/mol. The molecule has 0 unspecified atom stereocenters. The van der Waals surface area contributed by atoms with Gasteiger partial charge in [0.2, 0.25) is 0 Å². The topological polar surface area (TPSA) is 108 Å². The van der Waals surface area contributed by atoms with Gasteiger partial charge in [0, 0.05) is 26.2 Å². The van der Waals surface area contributed by atoms with Crippen LogP contribution in [-0.2, 0) is 9.53 Å². The Balaban J connectivity index is 2.39. The fraction of sp³-hybridized carbons (Fsp3) is 0.333. The van der Waals surface area contributed by atoms with E-state index >= 15 is 0 Å². The summed E-state index contributed by atoms with van der Waals surface area (Å²) < 4.78 is 5.25. The Morgan fingerprint density at radius 1 is 1.48 bits per heavy atom. The van der Waals surface area contributed by atoms with Gasteiger partial charge >= 0.3 is 0 Å². The lowest BCUT2D eigenvalue weighted by Gasteiger charge is -2.28. The van der Waals surface area contributed by atoms with E-state index in [-0.39, 0.29) is 11.3 Å². The molecule has 1 heterocycles. The van der Waals surface area contributed by atoms with E-state index in [0.29, 0.717) is 37.6 Å². The van der Waals surface area contributed by atoms with Crippen LogP contribution in [0.3, 0.4) is 0 Å². The molecular formula is C15H16N4O4. The monoisotopic (exact) mass is 316 g/mol. The summed E-state index contributed by atoms with van der Waals surface area (Å²) in [5, 5.41) is 22.7. The van der Waals surface area contributed by atoms with E-state index in [4.69, 9.17) is 10.00 Å². The van der Waals surface area contributed by atoms with Gasteiger partial charge in [0.15, 0.2) is 0 Å². The van der Waals surface area contributed by atoms with Crippen molar-refractivity contribution < 1.29 is 14.5 Å². The van der Waals surface area contributed by atoms with Gasteiger partial charge in [-0.15, -0.1) is 0 Å². The number of carbonyl (C=O) groups is 1. The van der Waals surface area contributed by atoms with Crippen LogP contribution in [0.5, 0.6) is 0 Å². The van der Waals surface area contributed by atoms with Crippen molar-refractivity contribution >= 4 is 23.4 Å². The molecule has 0 aliphatic carbocycles. The maximum atomic E-state index is 11.5. The lowest BCUT2D eigenvalue weighted by molar-refractivity contribution is -0.384. The van der Waals surface area contributed by atoms with E-state index < -0.39 is 10.8 Å². The minimum atomic E-state index is -0.535. The number of anilines is 1. The lowest BCUT2D eigenvalue weighted by Crippen LogP contribution is -2.36. The highest BCUT2D eigenvalue weighted by molar-refractivity contribution is 6.01. The van der Waals surface area contributed by atoms with Crippen LogP contribution in [0.4, 0.5) is 11.4 Å². The highest BCUT2D eigenvalue weighted by atomic mass is 16.6. The van der Waals surface area contributed by atoms with Gasteiger partial charge < -0.3 is 15.0 Å². The van der Waals surface area contributed by atoms with Crippen LogP contribution in [0.1, 0.15) is 5.56 Å². The van der Waals surface area contributed by atoms with Crippen molar-refractivity contribution in [1.29, 1.82) is 5.26 Å². The number of amides is 1. The first kappa shape index (κ1) is 16.5. The first-order chi connectivity index (χ1) is 11.1. The van der Waals surface area contributed by atoms with Gasteiger partial charge in [-0.2, -0.15) is 5.26 Å². The van der Waals surface area contributed by atoms with E-state index in [1.54, 1.807) is 18.2 Å². The van der Waals surface area contributed by atoms with Gasteiger partial charge in [-0.05, 0) is 17.7 Å². The number of hydrogen-bond acceptors (Lipinski definition) is 6. The Kier molecular flexibility index (Phi) is 5.28. The molecule has 1 amide bonds. The number of nitriles is 1. The number of hydrogen-bond donors (Lipinski definition) is 1. The standard InChI is InChI=1S/C15H16N4O4/c1-17-15(20)12(10-16)8-11-2-3-13(14(9-11)19(21)22)18-4-6-23-7-5-18/h2-3,8-9H,4-7H2,1H3,(H,17,20)/b12-8-. The molecule has 0 radical (unpaired) electrons. The second-order valence-corrected chi connectivity index (χ2v) is 4.85. The maximum absolute atomic E-state index is 11.5. The van der Waals surface area contributed by atoms with Crippen molar-refractivity contribution in [1.82, 2.24) is 5.32 Å². The highest BCUT2D eigenvalue weighted by Gasteiger charge is 2.21. The Labute approximate surface area is 133 Å². The Bertz CT molecular complexity index is 687. The van der Waals surface area contributed by atoms with Crippen molar-refractivity contribution in [3.8, 4) is 6.07 Å². The molecule has 0 aromatic heterocycles. The number of likely N-dealkylation sites (N-methyl/N-ethyl adjacent to an activating group) is 1. The van der Waals surface area contributed by atoms with Crippen LogP contribution < -0.4 is 10.2 Å². The summed E-state index contributed by atoms with van der Waals surface area (Å²) in [7, 11) is 1.41. The zero-order valence-electron chi connectivity index (χ0n) is 12.6. The number of nitro benzene ring substituents is 1. The number of nitrogens with zero attached hydrogens (tertiary/aromatic N) is 3. The Morgan fingerprint density at radius 2 is 2.17 bits per heavy atom. The van der Waals surface area contributed by atoms with E-state index in [1.165, 1.54) is 19.2 Å². The zero-order chi connectivity index (χ0) is 16.8. The number of nitrogens with one attached hydrogen (secondary N) is 1. The van der Waals surface area contributed by atoms with Gasteiger partial charge in [0.25, 0.3) is 11.6 Å². The molecule has 120 valence electrons. The zero-order valence-corrected chi connectivity index (χ0v) is 12.6. The first-order valence-corrected chi connectivity index (χ1v) is 7.02. The minimum absolute atomic E-state index is 0.0603. The lowest BCUT2D eigenvalue weighted by atomic mass is 10.1. The van der Waals surface area contributed by atoms with Crippen molar-refractivity contribution in [3.05, 3.63) is 39.4 Å². The summed E-state index contributed by atoms with van der Waals surface area (Å²) in [6, 6.07) is 6.43. The Hall–Kier alpha value is -2.92. The predicted octanol–water partition coefficient (Wildman–Crippen LogP) is 1.08. The van der Waals surface area contributed by atoms with Gasteiger partial charge in [-0.3, -0.25) is 14.9 Å². The van der Waals surface area contributed by atoms with Gasteiger partial charge in [-0.1, -0.05) is 6.07 Å². The van der Waals surface area contributed by atoms with Gasteiger partial charge in [0.05, 0.1) is 18.1 Å². The first-order valence-electron chi connectivity index (χ1n) is 7.02. The van der Waals surface area contributed by atoms with Gasteiger partial charge in [-0.25, -0.2) is 0 Å². The molecule has 1 saturated heterocycles. The molecule has 0 saturated carbocycles. The fourth-order valence-electron chi connectivity index (χ4n) is 2.30. The quantitative estimate of drug-likeness (QED) is 0.385. The van der Waals surface area contributed by atoms with Crippen LogP contribution in [0.25, 0.3) is 6.08 Å². The average molecular weight is 316 g/mol. The summed E-state index contributed by atoms with van der Waals surface area (Å²) in [5.41, 5.74) is 0.763. The molecule has 1 aliphatic rings. The molecule has 0 bridgehead atoms. The number of nitro groups is 1. The van der Waals surface area contributed by atoms with E-state index in [1.807, 2.05) is 4.90 Å². The normalized spacial score (nSPS) is 15.0. The third-order valence-electron chi connectivity index (χ3n) is 3.45. The molecule has 2 rings (SSSR count). The predicted molar refractivity (Wildman–Crippen MR) is 83.8 cm³/mol. The largest absolute Gasteiger partial charge is 0.378 e. The SMILES string of the molecule is CNC(=O)/C(C#N)=C\c1ccc(N2CCOCC2)c([N+](=O)[O-])c1. The molecule has 1 N–H and O–H groups in total. The minimum Gasteiger partial charge on any atom is -0.378 e. The highest BCUT2D eigenvalue weighted by Crippen LogP contribution is 2.30. The number of ether oxygens (including phenoxy) is 1. The molecule has 1 aromatic carbocycles. The van der Waals surface area contributed by atoms with E-state index in [9.17, 15) is 14.9 Å². The summed E-state index contributed by atoms with van der Waals surface area (Å²) in [6.07, 6.45) is 1.33. The molecule has 1 fully saturated rings. The maximum Gasteiger partial charge on any atom is 0.293 e. The van der Waals surface area contributed by atoms with Crippen LogP contribution in [0.2, 0.25) is 0 Å². The molecule has 8 heteroatoms.